The summed E-state index contributed by atoms with van der Waals surface area (Å²) >= 11 is 0. The second kappa shape index (κ2) is 11.0. The first-order chi connectivity index (χ1) is 16.6. The van der Waals surface area contributed by atoms with E-state index >= 15 is 0 Å². The molecule has 0 amide bonds. The predicted octanol–water partition coefficient (Wildman–Crippen LogP) is 5.28. The van der Waals surface area contributed by atoms with E-state index in [1.165, 1.54) is 24.3 Å². The SMILES string of the molecule is C#C[C@H](NP(=O)(Oc1ccccc1)Oc1c(F)c(F)c(F)c(F)c1F)C(=O)OCc1ccccc1. The van der Waals surface area contributed by atoms with Gasteiger partial charge in [-0.3, -0.25) is 0 Å². The number of hydrogen-bond donors (Lipinski definition) is 1. The van der Waals surface area contributed by atoms with Gasteiger partial charge in [-0.15, -0.1) is 6.42 Å². The third-order valence-electron chi connectivity index (χ3n) is 4.26. The molecule has 0 radical (unpaired) electrons. The van der Waals surface area contributed by atoms with Crippen molar-refractivity contribution in [3.8, 4) is 23.8 Å². The van der Waals surface area contributed by atoms with Gasteiger partial charge in [0.15, 0.2) is 6.04 Å². The Bertz CT molecular complexity index is 1270. The predicted molar refractivity (Wildman–Crippen MR) is 114 cm³/mol. The van der Waals surface area contributed by atoms with Crippen LogP contribution in [0, 0.1) is 41.4 Å². The molecule has 3 aromatic carbocycles. The highest BCUT2D eigenvalue weighted by molar-refractivity contribution is 7.52. The number of rotatable bonds is 9. The van der Waals surface area contributed by atoms with Crippen LogP contribution in [0.4, 0.5) is 22.0 Å². The molecule has 2 atom stereocenters. The summed E-state index contributed by atoms with van der Waals surface area (Å²) in [5, 5.41) is 1.95. The van der Waals surface area contributed by atoms with Gasteiger partial charge >= 0.3 is 13.7 Å². The summed E-state index contributed by atoms with van der Waals surface area (Å²) < 4.78 is 97.2. The van der Waals surface area contributed by atoms with E-state index in [1.807, 2.05) is 11.0 Å². The van der Waals surface area contributed by atoms with Crippen molar-refractivity contribution in [1.82, 2.24) is 5.09 Å². The second-order valence-corrected chi connectivity index (χ2v) is 8.33. The average Bonchev–Trinajstić information content (AvgIpc) is 2.87. The summed E-state index contributed by atoms with van der Waals surface area (Å²) in [7, 11) is -5.12. The summed E-state index contributed by atoms with van der Waals surface area (Å²) in [5.41, 5.74) is 0.581. The standard InChI is InChI=1S/C23H15F5NO5P/c1-2-16(23(30)32-13-14-9-5-3-6-10-14)29-35(31,33-15-11-7-4-8-12-15)34-22-20(27)18(25)17(24)19(26)21(22)28/h1,3-12,16H,13H2,(H,29,31)/t16-,35?/m0/s1. The van der Waals surface area contributed by atoms with Crippen LogP contribution in [-0.4, -0.2) is 12.0 Å². The quantitative estimate of drug-likeness (QED) is 0.105. The van der Waals surface area contributed by atoms with Gasteiger partial charge in [0.05, 0.1) is 0 Å². The average molecular weight is 511 g/mol. The van der Waals surface area contributed by atoms with Crippen molar-refractivity contribution in [3.63, 3.8) is 0 Å². The smallest absolute Gasteiger partial charge is 0.459 e. The van der Waals surface area contributed by atoms with Crippen LogP contribution in [0.2, 0.25) is 0 Å². The highest BCUT2D eigenvalue weighted by atomic mass is 31.2. The van der Waals surface area contributed by atoms with Crippen molar-refractivity contribution in [1.29, 1.82) is 0 Å². The van der Waals surface area contributed by atoms with E-state index in [2.05, 4.69) is 4.52 Å². The Morgan fingerprint density at radius 3 is 1.91 bits per heavy atom. The lowest BCUT2D eigenvalue weighted by Crippen LogP contribution is -2.37. The maximum atomic E-state index is 14.2. The molecule has 0 heterocycles. The van der Waals surface area contributed by atoms with E-state index < -0.39 is 54.6 Å². The molecule has 35 heavy (non-hydrogen) atoms. The zero-order chi connectivity index (χ0) is 25.6. The molecule has 3 aromatic rings. The largest absolute Gasteiger partial charge is 0.514 e. The van der Waals surface area contributed by atoms with Crippen molar-refractivity contribution in [3.05, 3.63) is 95.3 Å². The normalized spacial score (nSPS) is 13.3. The van der Waals surface area contributed by atoms with Crippen LogP contribution in [0.1, 0.15) is 5.56 Å². The summed E-state index contributed by atoms with van der Waals surface area (Å²) in [6.45, 7) is -0.234. The Morgan fingerprint density at radius 1 is 0.857 bits per heavy atom. The molecule has 0 spiro atoms. The zero-order valence-electron chi connectivity index (χ0n) is 17.5. The van der Waals surface area contributed by atoms with Crippen LogP contribution in [-0.2, 0) is 20.7 Å². The van der Waals surface area contributed by atoms with Crippen molar-refractivity contribution in [2.24, 2.45) is 0 Å². The Morgan fingerprint density at radius 2 is 1.37 bits per heavy atom. The molecule has 0 bridgehead atoms. The molecule has 0 aliphatic rings. The zero-order valence-corrected chi connectivity index (χ0v) is 18.4. The van der Waals surface area contributed by atoms with E-state index in [-0.39, 0.29) is 12.4 Å². The van der Waals surface area contributed by atoms with Crippen molar-refractivity contribution in [2.45, 2.75) is 12.6 Å². The first-order valence-corrected chi connectivity index (χ1v) is 11.2. The lowest BCUT2D eigenvalue weighted by molar-refractivity contribution is -0.145. The molecule has 1 N–H and O–H groups in total. The minimum absolute atomic E-state index is 0.208. The van der Waals surface area contributed by atoms with E-state index in [1.54, 1.807) is 36.4 Å². The van der Waals surface area contributed by atoms with Crippen LogP contribution in [0.15, 0.2) is 60.7 Å². The van der Waals surface area contributed by atoms with Gasteiger partial charge in [-0.25, -0.2) is 22.5 Å². The van der Waals surface area contributed by atoms with E-state index in [0.717, 1.165) is 0 Å². The number of carbonyl (C=O) groups excluding carboxylic acids is 1. The molecule has 0 saturated carbocycles. The molecule has 3 rings (SSSR count). The highest BCUT2D eigenvalue weighted by Gasteiger charge is 2.39. The number of nitrogens with one attached hydrogen (secondary N) is 1. The van der Waals surface area contributed by atoms with Gasteiger partial charge in [0.2, 0.25) is 34.8 Å². The number of carbonyl (C=O) groups is 1. The van der Waals surface area contributed by atoms with Gasteiger partial charge in [-0.2, -0.15) is 13.9 Å². The van der Waals surface area contributed by atoms with Crippen LogP contribution in [0.25, 0.3) is 0 Å². The second-order valence-electron chi connectivity index (χ2n) is 6.71. The Hall–Kier alpha value is -3.87. The fourth-order valence-corrected chi connectivity index (χ4v) is 4.04. The van der Waals surface area contributed by atoms with Crippen LogP contribution in [0.5, 0.6) is 11.5 Å². The molecule has 1 unspecified atom stereocenters. The molecule has 0 fully saturated rings. The Kier molecular flexibility index (Phi) is 8.12. The van der Waals surface area contributed by atoms with Gasteiger partial charge in [0, 0.05) is 0 Å². The summed E-state index contributed by atoms with van der Waals surface area (Å²) in [4.78, 5) is 12.4. The number of terminal acetylenes is 1. The molecule has 0 saturated heterocycles. The van der Waals surface area contributed by atoms with Crippen molar-refractivity contribution < 1.29 is 45.1 Å². The lowest BCUT2D eigenvalue weighted by Gasteiger charge is -2.23. The summed E-state index contributed by atoms with van der Waals surface area (Å²) in [6.07, 6.45) is 5.30. The first kappa shape index (κ1) is 25.7. The number of para-hydroxylation sites is 1. The minimum Gasteiger partial charge on any atom is -0.459 e. The van der Waals surface area contributed by atoms with Gasteiger partial charge < -0.3 is 13.8 Å². The molecular formula is C23H15F5NO5P. The van der Waals surface area contributed by atoms with E-state index in [9.17, 15) is 31.3 Å². The molecule has 182 valence electrons. The number of benzene rings is 3. The summed E-state index contributed by atoms with van der Waals surface area (Å²) in [5.74, 6) is -13.3. The van der Waals surface area contributed by atoms with Crippen LogP contribution in [0.3, 0.4) is 0 Å². The van der Waals surface area contributed by atoms with E-state index in [4.69, 9.17) is 15.7 Å². The van der Waals surface area contributed by atoms with Crippen molar-refractivity contribution in [2.75, 3.05) is 0 Å². The third-order valence-corrected chi connectivity index (χ3v) is 5.71. The highest BCUT2D eigenvalue weighted by Crippen LogP contribution is 2.47. The fraction of sp³-hybridized carbons (Fsp3) is 0.0870. The van der Waals surface area contributed by atoms with Gasteiger partial charge in [-0.1, -0.05) is 54.5 Å². The van der Waals surface area contributed by atoms with Crippen LogP contribution >= 0.6 is 7.75 Å². The maximum absolute atomic E-state index is 14.2. The van der Waals surface area contributed by atoms with Crippen molar-refractivity contribution >= 4 is 13.7 Å². The number of ether oxygens (including phenoxy) is 1. The van der Waals surface area contributed by atoms with E-state index in [0.29, 0.717) is 5.56 Å². The monoisotopic (exact) mass is 511 g/mol. The van der Waals surface area contributed by atoms with Crippen LogP contribution < -0.4 is 14.1 Å². The van der Waals surface area contributed by atoms with Gasteiger partial charge in [0.25, 0.3) is 0 Å². The molecule has 12 heteroatoms. The Labute approximate surface area is 196 Å². The van der Waals surface area contributed by atoms with Gasteiger partial charge in [-0.05, 0) is 17.7 Å². The fourth-order valence-electron chi connectivity index (χ4n) is 2.60. The minimum atomic E-state index is -5.12. The topological polar surface area (TPSA) is 73.9 Å². The lowest BCUT2D eigenvalue weighted by atomic mass is 10.2. The maximum Gasteiger partial charge on any atom is 0.514 e. The first-order valence-electron chi connectivity index (χ1n) is 9.65. The summed E-state index contributed by atoms with van der Waals surface area (Å²) in [6, 6.07) is 13.4. The number of hydrogen-bond acceptors (Lipinski definition) is 5. The molecule has 6 nitrogen and oxygen atoms in total. The molecule has 0 aromatic heterocycles. The molecular weight excluding hydrogens is 496 g/mol. The Balaban J connectivity index is 1.91. The number of esters is 1. The molecule has 0 aliphatic heterocycles. The van der Waals surface area contributed by atoms with Gasteiger partial charge in [0.1, 0.15) is 12.4 Å². The number of halogens is 5. The molecule has 0 aliphatic carbocycles. The third kappa shape index (κ3) is 6.18.